The van der Waals surface area contributed by atoms with Crippen LogP contribution in [0.1, 0.15) is 36.3 Å². The summed E-state index contributed by atoms with van der Waals surface area (Å²) in [6, 6.07) is 14.9. The number of nitrogens with zero attached hydrogens (tertiary/aromatic N) is 2. The fraction of sp³-hybridized carbons (Fsp3) is 0.385. The highest BCUT2D eigenvalue weighted by Crippen LogP contribution is 2.43. The molecule has 0 saturated carbocycles. The SMILES string of the molecule is COc1ccc(NC(=O)N2CC(=O)N3[C@@H](CO)[C@@H](c4ccc(C5=CCCC5)cc4)[C@@H]3C2)cc1. The fourth-order valence-corrected chi connectivity index (χ4v) is 5.38. The Kier molecular flexibility index (Phi) is 5.81. The second kappa shape index (κ2) is 8.90. The van der Waals surface area contributed by atoms with Crippen molar-refractivity contribution in [3.8, 4) is 5.75 Å². The topological polar surface area (TPSA) is 82.1 Å². The maximum Gasteiger partial charge on any atom is 0.322 e. The predicted molar refractivity (Wildman–Crippen MR) is 126 cm³/mol. The van der Waals surface area contributed by atoms with Crippen LogP contribution < -0.4 is 10.1 Å². The van der Waals surface area contributed by atoms with Gasteiger partial charge >= 0.3 is 6.03 Å². The van der Waals surface area contributed by atoms with Gasteiger partial charge in [-0.25, -0.2) is 4.79 Å². The molecule has 2 aromatic rings. The van der Waals surface area contributed by atoms with E-state index in [1.54, 1.807) is 41.2 Å². The lowest BCUT2D eigenvalue weighted by atomic mass is 9.73. The molecule has 0 aromatic heterocycles. The monoisotopic (exact) mass is 447 g/mol. The third kappa shape index (κ3) is 3.97. The van der Waals surface area contributed by atoms with Crippen molar-refractivity contribution >= 4 is 23.2 Å². The van der Waals surface area contributed by atoms with E-state index in [-0.39, 0.29) is 43.1 Å². The minimum Gasteiger partial charge on any atom is -0.497 e. The van der Waals surface area contributed by atoms with Crippen molar-refractivity contribution in [2.45, 2.75) is 37.3 Å². The Morgan fingerprint density at radius 1 is 1.15 bits per heavy atom. The second-order valence-electron chi connectivity index (χ2n) is 8.93. The van der Waals surface area contributed by atoms with Crippen LogP contribution >= 0.6 is 0 Å². The van der Waals surface area contributed by atoms with Gasteiger partial charge < -0.3 is 25.0 Å². The Morgan fingerprint density at radius 3 is 2.55 bits per heavy atom. The number of rotatable bonds is 5. The van der Waals surface area contributed by atoms with Gasteiger partial charge in [0.25, 0.3) is 0 Å². The number of allylic oxidation sites excluding steroid dienone is 2. The molecule has 2 aliphatic heterocycles. The third-order valence-electron chi connectivity index (χ3n) is 7.09. The van der Waals surface area contributed by atoms with Gasteiger partial charge in [-0.2, -0.15) is 0 Å². The van der Waals surface area contributed by atoms with Crippen molar-refractivity contribution in [3.05, 3.63) is 65.7 Å². The van der Waals surface area contributed by atoms with Crippen LogP contribution in [-0.4, -0.2) is 65.7 Å². The van der Waals surface area contributed by atoms with E-state index >= 15 is 0 Å². The molecule has 2 fully saturated rings. The standard InChI is InChI=1S/C26H29N3O4/c1-33-21-12-10-20(11-13-21)27-26(32)28-14-22-25(23(16-30)29(22)24(31)15-28)19-8-6-18(7-9-19)17-4-2-3-5-17/h4,6-13,22-23,25,30H,2-3,5,14-16H2,1H3,(H,27,32)/t22-,23-,25-/m0/s1. The average molecular weight is 448 g/mol. The van der Waals surface area contributed by atoms with Gasteiger partial charge in [-0.3, -0.25) is 4.79 Å². The maximum absolute atomic E-state index is 12.9. The Labute approximate surface area is 193 Å². The van der Waals surface area contributed by atoms with Crippen molar-refractivity contribution in [2.75, 3.05) is 32.1 Å². The van der Waals surface area contributed by atoms with E-state index in [2.05, 4.69) is 35.7 Å². The maximum atomic E-state index is 12.9. The molecule has 3 aliphatic rings. The van der Waals surface area contributed by atoms with Crippen LogP contribution in [-0.2, 0) is 4.79 Å². The van der Waals surface area contributed by atoms with Crippen LogP contribution in [0.2, 0.25) is 0 Å². The number of hydrogen-bond acceptors (Lipinski definition) is 4. The lowest BCUT2D eigenvalue weighted by Gasteiger charge is -2.58. The minimum atomic E-state index is -0.303. The normalized spacial score (nSPS) is 24.1. The molecule has 1 aliphatic carbocycles. The van der Waals surface area contributed by atoms with Crippen LogP contribution in [0.25, 0.3) is 5.57 Å². The molecule has 2 aromatic carbocycles. The fourth-order valence-electron chi connectivity index (χ4n) is 5.38. The molecular formula is C26H29N3O4. The van der Waals surface area contributed by atoms with Crippen LogP contribution in [0, 0.1) is 0 Å². The number of amides is 3. The number of carbonyl (C=O) groups is 2. The van der Waals surface area contributed by atoms with E-state index in [4.69, 9.17) is 4.74 Å². The highest BCUT2D eigenvalue weighted by molar-refractivity contribution is 5.93. The molecule has 7 nitrogen and oxygen atoms in total. The van der Waals surface area contributed by atoms with Crippen LogP contribution in [0.5, 0.6) is 5.75 Å². The van der Waals surface area contributed by atoms with Crippen molar-refractivity contribution in [3.63, 3.8) is 0 Å². The molecular weight excluding hydrogens is 418 g/mol. The van der Waals surface area contributed by atoms with Gasteiger partial charge in [0.2, 0.25) is 5.91 Å². The Balaban J connectivity index is 1.31. The van der Waals surface area contributed by atoms with Crippen molar-refractivity contribution < 1.29 is 19.4 Å². The molecule has 3 amide bonds. The number of anilines is 1. The lowest BCUT2D eigenvalue weighted by molar-refractivity contribution is -0.159. The highest BCUT2D eigenvalue weighted by Gasteiger charge is 2.54. The number of aliphatic hydroxyl groups excluding tert-OH is 1. The van der Waals surface area contributed by atoms with Gasteiger partial charge in [0, 0.05) is 18.2 Å². The van der Waals surface area contributed by atoms with Gasteiger partial charge in [-0.15, -0.1) is 0 Å². The number of fused-ring (bicyclic) bond motifs is 1. The minimum absolute atomic E-state index is 0.00199. The molecule has 0 spiro atoms. The first-order valence-electron chi connectivity index (χ1n) is 11.5. The first-order valence-corrected chi connectivity index (χ1v) is 11.5. The molecule has 3 atom stereocenters. The number of nitrogens with one attached hydrogen (secondary N) is 1. The van der Waals surface area contributed by atoms with Crippen LogP contribution in [0.4, 0.5) is 10.5 Å². The number of benzene rings is 2. The van der Waals surface area contributed by atoms with Gasteiger partial charge in [0.15, 0.2) is 0 Å². The summed E-state index contributed by atoms with van der Waals surface area (Å²) in [5.74, 6) is 0.584. The summed E-state index contributed by atoms with van der Waals surface area (Å²) in [6.07, 6.45) is 5.76. The quantitative estimate of drug-likeness (QED) is 0.736. The van der Waals surface area contributed by atoms with Crippen LogP contribution in [0.3, 0.4) is 0 Å². The average Bonchev–Trinajstić information content (AvgIpc) is 3.36. The molecule has 7 heteroatoms. The molecule has 33 heavy (non-hydrogen) atoms. The largest absolute Gasteiger partial charge is 0.497 e. The van der Waals surface area contributed by atoms with Gasteiger partial charge in [0.1, 0.15) is 12.3 Å². The zero-order chi connectivity index (χ0) is 22.9. The van der Waals surface area contributed by atoms with Crippen molar-refractivity contribution in [1.29, 1.82) is 0 Å². The number of piperazine rings is 1. The van der Waals surface area contributed by atoms with E-state index < -0.39 is 0 Å². The Morgan fingerprint density at radius 2 is 1.91 bits per heavy atom. The smallest absolute Gasteiger partial charge is 0.322 e. The summed E-state index contributed by atoms with van der Waals surface area (Å²) in [5.41, 5.74) is 4.38. The summed E-state index contributed by atoms with van der Waals surface area (Å²) in [4.78, 5) is 29.1. The molecule has 5 rings (SSSR count). The number of hydrogen-bond donors (Lipinski definition) is 2. The number of carbonyl (C=O) groups excluding carboxylic acids is 2. The zero-order valence-corrected chi connectivity index (χ0v) is 18.7. The van der Waals surface area contributed by atoms with Gasteiger partial charge in [-0.05, 0) is 60.2 Å². The predicted octanol–water partition coefficient (Wildman–Crippen LogP) is 3.47. The zero-order valence-electron chi connectivity index (χ0n) is 18.7. The molecule has 0 unspecified atom stereocenters. The summed E-state index contributed by atoms with van der Waals surface area (Å²) >= 11 is 0. The van der Waals surface area contributed by atoms with E-state index in [1.165, 1.54) is 17.6 Å². The van der Waals surface area contributed by atoms with E-state index in [0.717, 1.165) is 18.4 Å². The molecule has 2 N–H and O–H groups in total. The van der Waals surface area contributed by atoms with Gasteiger partial charge in [0.05, 0.1) is 25.8 Å². The summed E-state index contributed by atoms with van der Waals surface area (Å²) in [7, 11) is 1.59. The summed E-state index contributed by atoms with van der Waals surface area (Å²) in [6.45, 7) is 0.356. The summed E-state index contributed by atoms with van der Waals surface area (Å²) in [5, 5.41) is 12.9. The molecule has 2 heterocycles. The molecule has 172 valence electrons. The summed E-state index contributed by atoms with van der Waals surface area (Å²) < 4.78 is 5.15. The first kappa shape index (κ1) is 21.5. The van der Waals surface area contributed by atoms with E-state index in [9.17, 15) is 14.7 Å². The van der Waals surface area contributed by atoms with Crippen molar-refractivity contribution in [1.82, 2.24) is 9.80 Å². The van der Waals surface area contributed by atoms with Crippen LogP contribution in [0.15, 0.2) is 54.6 Å². The third-order valence-corrected chi connectivity index (χ3v) is 7.09. The number of methoxy groups -OCH3 is 1. The van der Waals surface area contributed by atoms with E-state index in [1.807, 2.05) is 0 Å². The number of ether oxygens (including phenoxy) is 1. The Bertz CT molecular complexity index is 1060. The number of aliphatic hydroxyl groups is 1. The van der Waals surface area contributed by atoms with Gasteiger partial charge in [-0.1, -0.05) is 30.3 Å². The lowest BCUT2D eigenvalue weighted by Crippen LogP contribution is -2.73. The second-order valence-corrected chi connectivity index (χ2v) is 8.93. The Hall–Kier alpha value is -3.32. The number of urea groups is 1. The first-order chi connectivity index (χ1) is 16.1. The molecule has 2 saturated heterocycles. The highest BCUT2D eigenvalue weighted by atomic mass is 16.5. The molecule has 0 bridgehead atoms. The van der Waals surface area contributed by atoms with E-state index in [0.29, 0.717) is 18.0 Å². The van der Waals surface area contributed by atoms with Crippen molar-refractivity contribution in [2.24, 2.45) is 0 Å². The molecule has 0 radical (unpaired) electrons.